The second-order valence-electron chi connectivity index (χ2n) is 8.61. The smallest absolute Gasteiger partial charge is 0.155 e. The summed E-state index contributed by atoms with van der Waals surface area (Å²) >= 11 is 0. The predicted molar refractivity (Wildman–Crippen MR) is 82.7 cm³/mol. The molecule has 3 saturated carbocycles. The molecule has 0 amide bonds. The van der Waals surface area contributed by atoms with E-state index in [1.807, 2.05) is 6.08 Å². The first-order valence-electron chi connectivity index (χ1n) is 8.87. The van der Waals surface area contributed by atoms with Crippen LogP contribution in [0.3, 0.4) is 0 Å². The van der Waals surface area contributed by atoms with Crippen LogP contribution in [0.25, 0.3) is 0 Å². The van der Waals surface area contributed by atoms with Crippen molar-refractivity contribution in [3.05, 3.63) is 11.6 Å². The number of ketones is 1. The molecule has 1 N–H and O–H groups in total. The Morgan fingerprint density at radius 3 is 2.67 bits per heavy atom. The van der Waals surface area contributed by atoms with Gasteiger partial charge in [0.25, 0.3) is 0 Å². The van der Waals surface area contributed by atoms with Crippen molar-refractivity contribution in [1.29, 1.82) is 0 Å². The molecular weight excluding hydrogens is 260 g/mol. The zero-order chi connectivity index (χ0) is 14.8. The maximum absolute atomic E-state index is 11.8. The van der Waals surface area contributed by atoms with Crippen LogP contribution >= 0.6 is 0 Å². The average molecular weight is 288 g/mol. The van der Waals surface area contributed by atoms with E-state index in [9.17, 15) is 9.90 Å². The Bertz CT molecular complexity index is 508. The highest BCUT2D eigenvalue weighted by Crippen LogP contribution is 2.65. The van der Waals surface area contributed by atoms with Crippen LogP contribution in [0.15, 0.2) is 11.6 Å². The van der Waals surface area contributed by atoms with Crippen LogP contribution in [-0.4, -0.2) is 17.0 Å². The molecule has 0 aliphatic heterocycles. The van der Waals surface area contributed by atoms with E-state index >= 15 is 0 Å². The first-order chi connectivity index (χ1) is 9.95. The van der Waals surface area contributed by atoms with Gasteiger partial charge in [-0.15, -0.1) is 0 Å². The van der Waals surface area contributed by atoms with Gasteiger partial charge in [-0.05, 0) is 79.6 Å². The van der Waals surface area contributed by atoms with Crippen LogP contribution in [0.5, 0.6) is 0 Å². The van der Waals surface area contributed by atoms with Crippen molar-refractivity contribution in [2.45, 2.75) is 71.3 Å². The monoisotopic (exact) mass is 288 g/mol. The molecule has 0 saturated heterocycles. The maximum Gasteiger partial charge on any atom is 0.155 e. The van der Waals surface area contributed by atoms with E-state index in [1.165, 1.54) is 31.3 Å². The molecule has 0 bridgehead atoms. The van der Waals surface area contributed by atoms with Crippen LogP contribution in [0.4, 0.5) is 0 Å². The fourth-order valence-corrected chi connectivity index (χ4v) is 6.53. The molecule has 0 aromatic rings. The molecule has 4 aliphatic rings. The minimum atomic E-state index is -0.0823. The minimum Gasteiger partial charge on any atom is -0.393 e. The third-order valence-electron chi connectivity index (χ3n) is 7.91. The van der Waals surface area contributed by atoms with E-state index in [0.717, 1.165) is 37.5 Å². The number of hydrogen-bond acceptors (Lipinski definition) is 2. The van der Waals surface area contributed by atoms with Crippen molar-refractivity contribution in [1.82, 2.24) is 0 Å². The lowest BCUT2D eigenvalue weighted by Gasteiger charge is -2.57. The van der Waals surface area contributed by atoms with Crippen LogP contribution in [0.2, 0.25) is 0 Å². The molecule has 2 heteroatoms. The fourth-order valence-electron chi connectivity index (χ4n) is 6.53. The van der Waals surface area contributed by atoms with Crippen LogP contribution in [-0.2, 0) is 4.79 Å². The summed E-state index contributed by atoms with van der Waals surface area (Å²) in [7, 11) is 0. The lowest BCUT2D eigenvalue weighted by atomic mass is 9.47. The first-order valence-corrected chi connectivity index (χ1v) is 8.87. The van der Waals surface area contributed by atoms with Crippen molar-refractivity contribution in [2.24, 2.45) is 28.6 Å². The van der Waals surface area contributed by atoms with Gasteiger partial charge in [-0.1, -0.05) is 19.4 Å². The highest BCUT2D eigenvalue weighted by molar-refractivity contribution is 5.91. The second kappa shape index (κ2) is 4.44. The predicted octanol–water partition coefficient (Wildman–Crippen LogP) is 3.88. The Hall–Kier alpha value is -0.630. The van der Waals surface area contributed by atoms with E-state index in [4.69, 9.17) is 0 Å². The number of allylic oxidation sites excluding steroid dienone is 1. The lowest BCUT2D eigenvalue weighted by Crippen LogP contribution is -2.51. The molecule has 116 valence electrons. The van der Waals surface area contributed by atoms with Crippen molar-refractivity contribution in [2.75, 3.05) is 0 Å². The summed E-state index contributed by atoms with van der Waals surface area (Å²) in [6, 6.07) is 0. The van der Waals surface area contributed by atoms with E-state index in [0.29, 0.717) is 11.7 Å². The summed E-state index contributed by atoms with van der Waals surface area (Å²) < 4.78 is 0. The number of hydrogen-bond donors (Lipinski definition) is 1. The quantitative estimate of drug-likeness (QED) is 0.734. The molecule has 0 unspecified atom stereocenters. The summed E-state index contributed by atoms with van der Waals surface area (Å²) in [6.45, 7) is 4.76. The Morgan fingerprint density at radius 1 is 1.05 bits per heavy atom. The van der Waals surface area contributed by atoms with Gasteiger partial charge in [0, 0.05) is 6.42 Å². The van der Waals surface area contributed by atoms with Gasteiger partial charge in [0.05, 0.1) is 6.10 Å². The largest absolute Gasteiger partial charge is 0.393 e. The van der Waals surface area contributed by atoms with E-state index < -0.39 is 0 Å². The van der Waals surface area contributed by atoms with Gasteiger partial charge >= 0.3 is 0 Å². The summed E-state index contributed by atoms with van der Waals surface area (Å²) in [5.74, 6) is 2.57. The minimum absolute atomic E-state index is 0.0823. The molecule has 21 heavy (non-hydrogen) atoms. The molecule has 0 aromatic carbocycles. The molecular formula is C19H28O2. The molecule has 0 aromatic heterocycles. The Kier molecular flexibility index (Phi) is 2.96. The molecule has 2 nitrogen and oxygen atoms in total. The van der Waals surface area contributed by atoms with Gasteiger partial charge in [-0.2, -0.15) is 0 Å². The standard InChI is InChI=1S/C19H28O2/c1-18-9-7-13(20)11-12(18)3-4-14-15-5-6-17(21)19(15,2)10-8-16(14)18/h11,14-17,21H,3-10H2,1-2H3/t14-,15-,16+,17+,18-,19-/m0/s1. The number of aliphatic hydroxyl groups is 1. The zero-order valence-electron chi connectivity index (χ0n) is 13.4. The number of carbonyl (C=O) groups excluding carboxylic acids is 1. The van der Waals surface area contributed by atoms with Gasteiger partial charge in [0.15, 0.2) is 5.78 Å². The average Bonchev–Trinajstić information content (AvgIpc) is 2.76. The van der Waals surface area contributed by atoms with Crippen LogP contribution in [0.1, 0.15) is 65.2 Å². The fraction of sp³-hybridized carbons (Fsp3) is 0.842. The van der Waals surface area contributed by atoms with Gasteiger partial charge in [-0.3, -0.25) is 4.79 Å². The number of rotatable bonds is 0. The third kappa shape index (κ3) is 1.78. The maximum atomic E-state index is 11.8. The first kappa shape index (κ1) is 14.0. The normalized spacial score (nSPS) is 52.7. The van der Waals surface area contributed by atoms with Crippen molar-refractivity contribution in [3.63, 3.8) is 0 Å². The van der Waals surface area contributed by atoms with Gasteiger partial charge < -0.3 is 5.11 Å². The van der Waals surface area contributed by atoms with Crippen molar-refractivity contribution < 1.29 is 9.90 Å². The SMILES string of the molecule is C[C@]12CC[C@@H]3[C@@H](CCC4=CC(=O)CC[C@@]43C)[C@@H]1CC[C@H]2O. The number of fused-ring (bicyclic) bond motifs is 5. The van der Waals surface area contributed by atoms with Gasteiger partial charge in [0.2, 0.25) is 0 Å². The van der Waals surface area contributed by atoms with Crippen molar-refractivity contribution in [3.8, 4) is 0 Å². The Balaban J connectivity index is 1.69. The van der Waals surface area contributed by atoms with E-state index in [2.05, 4.69) is 13.8 Å². The van der Waals surface area contributed by atoms with E-state index in [1.54, 1.807) is 0 Å². The molecule has 0 heterocycles. The third-order valence-corrected chi connectivity index (χ3v) is 7.91. The summed E-state index contributed by atoms with van der Waals surface area (Å²) in [5.41, 5.74) is 1.89. The molecule has 0 radical (unpaired) electrons. The van der Waals surface area contributed by atoms with Gasteiger partial charge in [-0.25, -0.2) is 0 Å². The lowest BCUT2D eigenvalue weighted by molar-refractivity contribution is -0.118. The van der Waals surface area contributed by atoms with Crippen LogP contribution < -0.4 is 0 Å². The molecule has 4 rings (SSSR count). The highest BCUT2D eigenvalue weighted by atomic mass is 16.3. The zero-order valence-corrected chi connectivity index (χ0v) is 13.4. The molecule has 6 atom stereocenters. The summed E-state index contributed by atoms with van der Waals surface area (Å²) in [4.78, 5) is 11.8. The van der Waals surface area contributed by atoms with Crippen molar-refractivity contribution >= 4 is 5.78 Å². The second-order valence-corrected chi connectivity index (χ2v) is 8.61. The van der Waals surface area contributed by atoms with Crippen LogP contribution in [0, 0.1) is 28.6 Å². The van der Waals surface area contributed by atoms with Gasteiger partial charge in [0.1, 0.15) is 0 Å². The Labute approximate surface area is 128 Å². The number of aliphatic hydroxyl groups excluding tert-OH is 1. The Morgan fingerprint density at radius 2 is 1.86 bits per heavy atom. The highest BCUT2D eigenvalue weighted by Gasteiger charge is 2.58. The molecule has 3 fully saturated rings. The topological polar surface area (TPSA) is 37.3 Å². The van der Waals surface area contributed by atoms with E-state index in [-0.39, 0.29) is 16.9 Å². The summed E-state index contributed by atoms with van der Waals surface area (Å²) in [5, 5.41) is 10.4. The summed E-state index contributed by atoms with van der Waals surface area (Å²) in [6.07, 6.45) is 10.7. The number of carbonyl (C=O) groups is 1. The molecule has 0 spiro atoms. The molecule has 4 aliphatic carbocycles.